The van der Waals surface area contributed by atoms with Gasteiger partial charge in [0, 0.05) is 23.3 Å². The molecule has 0 spiro atoms. The van der Waals surface area contributed by atoms with Gasteiger partial charge in [0.25, 0.3) is 0 Å². The van der Waals surface area contributed by atoms with E-state index < -0.39 is 0 Å². The van der Waals surface area contributed by atoms with Crippen LogP contribution in [0.3, 0.4) is 0 Å². The van der Waals surface area contributed by atoms with E-state index in [0.29, 0.717) is 0 Å². The third kappa shape index (κ3) is 2.40. The molecule has 116 valence electrons. The van der Waals surface area contributed by atoms with Crippen molar-refractivity contribution in [3.63, 3.8) is 0 Å². The number of nitrogens with zero attached hydrogens (tertiary/aromatic N) is 2. The maximum absolute atomic E-state index is 11.3. The van der Waals surface area contributed by atoms with Crippen LogP contribution in [0.15, 0.2) is 18.3 Å². The topological polar surface area (TPSA) is 36.4 Å². The highest BCUT2D eigenvalue weighted by atomic mass is 16.3. The van der Waals surface area contributed by atoms with E-state index in [1.165, 1.54) is 18.4 Å². The Bertz CT molecular complexity index is 478. The molecule has 3 heteroatoms. The predicted octanol–water partition coefficient (Wildman–Crippen LogP) is 3.13. The van der Waals surface area contributed by atoms with Crippen molar-refractivity contribution in [1.82, 2.24) is 9.88 Å². The Balaban J connectivity index is 1.90. The van der Waals surface area contributed by atoms with Gasteiger partial charge < -0.3 is 5.11 Å². The van der Waals surface area contributed by atoms with E-state index in [4.69, 9.17) is 0 Å². The summed E-state index contributed by atoms with van der Waals surface area (Å²) in [6, 6.07) is 4.19. The number of rotatable bonds is 5. The Morgan fingerprint density at radius 2 is 2.05 bits per heavy atom. The summed E-state index contributed by atoms with van der Waals surface area (Å²) in [5.41, 5.74) is 2.42. The van der Waals surface area contributed by atoms with Crippen LogP contribution in [-0.4, -0.2) is 39.7 Å². The molecule has 0 saturated carbocycles. The highest BCUT2D eigenvalue weighted by molar-refractivity contribution is 5.30. The van der Waals surface area contributed by atoms with Crippen molar-refractivity contribution in [3.05, 3.63) is 29.6 Å². The van der Waals surface area contributed by atoms with Crippen molar-refractivity contribution in [2.24, 2.45) is 0 Å². The molecule has 21 heavy (non-hydrogen) atoms. The van der Waals surface area contributed by atoms with Crippen LogP contribution in [0.2, 0.25) is 0 Å². The first kappa shape index (κ1) is 15.0. The van der Waals surface area contributed by atoms with Gasteiger partial charge in [-0.15, -0.1) is 0 Å². The van der Waals surface area contributed by atoms with Crippen molar-refractivity contribution >= 4 is 0 Å². The maximum Gasteiger partial charge on any atom is 0.0807 e. The molecular weight excluding hydrogens is 260 g/mol. The molecule has 2 atom stereocenters. The molecule has 0 bridgehead atoms. The number of aliphatic hydroxyl groups excluding tert-OH is 1. The first-order chi connectivity index (χ1) is 10.2. The third-order valence-corrected chi connectivity index (χ3v) is 5.89. The van der Waals surface area contributed by atoms with Gasteiger partial charge in [0.15, 0.2) is 0 Å². The van der Waals surface area contributed by atoms with Gasteiger partial charge in [-0.3, -0.25) is 9.88 Å². The number of pyridine rings is 1. The van der Waals surface area contributed by atoms with Crippen molar-refractivity contribution < 1.29 is 5.11 Å². The van der Waals surface area contributed by atoms with Crippen LogP contribution < -0.4 is 0 Å². The quantitative estimate of drug-likeness (QED) is 0.904. The van der Waals surface area contributed by atoms with Gasteiger partial charge in [0.2, 0.25) is 0 Å². The number of hydrogen-bond donors (Lipinski definition) is 1. The number of likely N-dealkylation sites (tertiary alicyclic amines) is 1. The van der Waals surface area contributed by atoms with Crippen LogP contribution >= 0.6 is 0 Å². The van der Waals surface area contributed by atoms with E-state index in [2.05, 4.69) is 29.8 Å². The maximum atomic E-state index is 11.3. The van der Waals surface area contributed by atoms with Crippen LogP contribution in [0.4, 0.5) is 0 Å². The lowest BCUT2D eigenvalue weighted by Gasteiger charge is -2.46. The highest BCUT2D eigenvalue weighted by Crippen LogP contribution is 2.42. The lowest BCUT2D eigenvalue weighted by Crippen LogP contribution is -2.56. The second-order valence-electron chi connectivity index (χ2n) is 6.64. The normalized spacial score (nSPS) is 24.2. The minimum absolute atomic E-state index is 0.0691. The average molecular weight is 288 g/mol. The summed E-state index contributed by atoms with van der Waals surface area (Å²) in [4.78, 5) is 7.15. The molecule has 2 aliphatic rings. The van der Waals surface area contributed by atoms with Crippen LogP contribution in [0.25, 0.3) is 0 Å². The second-order valence-corrected chi connectivity index (χ2v) is 6.64. The predicted molar refractivity (Wildman–Crippen MR) is 85.4 cm³/mol. The van der Waals surface area contributed by atoms with Crippen LogP contribution in [0, 0.1) is 0 Å². The largest absolute Gasteiger partial charge is 0.390 e. The minimum atomic E-state index is -0.304. The summed E-state index contributed by atoms with van der Waals surface area (Å²) < 4.78 is 0. The van der Waals surface area contributed by atoms with Gasteiger partial charge in [0.1, 0.15) is 0 Å². The molecule has 3 rings (SSSR count). The van der Waals surface area contributed by atoms with Crippen LogP contribution in [0.1, 0.15) is 63.1 Å². The van der Waals surface area contributed by atoms with E-state index in [-0.39, 0.29) is 17.6 Å². The van der Waals surface area contributed by atoms with Crippen molar-refractivity contribution in [3.8, 4) is 0 Å². The van der Waals surface area contributed by atoms with Gasteiger partial charge in [-0.25, -0.2) is 0 Å². The average Bonchev–Trinajstić information content (AvgIpc) is 3.18. The molecule has 1 aliphatic carbocycles. The lowest BCUT2D eigenvalue weighted by molar-refractivity contribution is -0.0422. The fourth-order valence-corrected chi connectivity index (χ4v) is 4.59. The number of aliphatic hydroxyl groups is 1. The Morgan fingerprint density at radius 1 is 1.33 bits per heavy atom. The Kier molecular flexibility index (Phi) is 4.32. The molecule has 0 aromatic carbocycles. The fourth-order valence-electron chi connectivity index (χ4n) is 4.59. The lowest BCUT2D eigenvalue weighted by atomic mass is 9.77. The van der Waals surface area contributed by atoms with Gasteiger partial charge in [-0.05, 0) is 63.2 Å². The zero-order valence-corrected chi connectivity index (χ0v) is 13.4. The molecular formula is C18H28N2O. The molecule has 2 heterocycles. The molecule has 0 radical (unpaired) electrons. The highest BCUT2D eigenvalue weighted by Gasteiger charge is 2.46. The molecule has 1 aliphatic heterocycles. The van der Waals surface area contributed by atoms with Crippen molar-refractivity contribution in [2.75, 3.05) is 13.1 Å². The number of fused-ring (bicyclic) bond motifs is 1. The number of aromatic nitrogens is 1. The smallest absolute Gasteiger partial charge is 0.0807 e. The van der Waals surface area contributed by atoms with E-state index >= 15 is 0 Å². The summed E-state index contributed by atoms with van der Waals surface area (Å²) >= 11 is 0. The summed E-state index contributed by atoms with van der Waals surface area (Å²) in [7, 11) is 0. The minimum Gasteiger partial charge on any atom is -0.390 e. The molecule has 0 amide bonds. The Hall–Kier alpha value is -0.930. The standard InChI is InChI=1S/C18H28N2O/c1-3-18(4-2,20-12-5-6-13-20)17(21)15-10-9-14-8-7-11-19-16(14)15/h7-8,11,15,17,21H,3-6,9-10,12-13H2,1-2H3. The molecule has 1 fully saturated rings. The van der Waals surface area contributed by atoms with Gasteiger partial charge in [-0.1, -0.05) is 19.9 Å². The summed E-state index contributed by atoms with van der Waals surface area (Å²) in [5.74, 6) is 0.210. The van der Waals surface area contributed by atoms with E-state index in [0.717, 1.165) is 44.5 Å². The Labute approximate surface area is 128 Å². The molecule has 1 saturated heterocycles. The first-order valence-corrected chi connectivity index (χ1v) is 8.60. The fraction of sp³-hybridized carbons (Fsp3) is 0.722. The molecule has 1 aromatic rings. The van der Waals surface area contributed by atoms with Gasteiger partial charge in [0.05, 0.1) is 6.10 Å². The molecule has 3 nitrogen and oxygen atoms in total. The van der Waals surface area contributed by atoms with E-state index in [1.54, 1.807) is 0 Å². The molecule has 2 unspecified atom stereocenters. The van der Waals surface area contributed by atoms with Crippen LogP contribution in [-0.2, 0) is 6.42 Å². The summed E-state index contributed by atoms with van der Waals surface area (Å²) in [5, 5.41) is 11.3. The first-order valence-electron chi connectivity index (χ1n) is 8.60. The molecule has 1 aromatic heterocycles. The van der Waals surface area contributed by atoms with Crippen molar-refractivity contribution in [2.45, 2.75) is 69.9 Å². The third-order valence-electron chi connectivity index (χ3n) is 5.89. The zero-order chi connectivity index (χ0) is 14.9. The summed E-state index contributed by atoms with van der Waals surface area (Å²) in [6.45, 7) is 6.75. The number of hydrogen-bond acceptors (Lipinski definition) is 3. The SMILES string of the molecule is CCC(CC)(C(O)C1CCc2cccnc21)N1CCCC1. The Morgan fingerprint density at radius 3 is 2.71 bits per heavy atom. The second kappa shape index (κ2) is 6.05. The van der Waals surface area contributed by atoms with E-state index in [9.17, 15) is 5.11 Å². The monoisotopic (exact) mass is 288 g/mol. The zero-order valence-electron chi connectivity index (χ0n) is 13.4. The molecule has 1 N–H and O–H groups in total. The van der Waals surface area contributed by atoms with Crippen molar-refractivity contribution in [1.29, 1.82) is 0 Å². The van der Waals surface area contributed by atoms with Gasteiger partial charge in [-0.2, -0.15) is 0 Å². The van der Waals surface area contributed by atoms with Gasteiger partial charge >= 0.3 is 0 Å². The number of aryl methyl sites for hydroxylation is 1. The van der Waals surface area contributed by atoms with E-state index in [1.807, 2.05) is 12.3 Å². The summed E-state index contributed by atoms with van der Waals surface area (Å²) in [6.07, 6.45) is 8.26. The van der Waals surface area contributed by atoms with Crippen LogP contribution in [0.5, 0.6) is 0 Å².